The summed E-state index contributed by atoms with van der Waals surface area (Å²) in [6, 6.07) is 5.71. The van der Waals surface area contributed by atoms with E-state index in [1.807, 2.05) is 13.1 Å². The highest BCUT2D eigenvalue weighted by Gasteiger charge is 2.33. The molecule has 1 aliphatic carbocycles. The fraction of sp³-hybridized carbons (Fsp3) is 0.500. The molecule has 3 nitrogen and oxygen atoms in total. The van der Waals surface area contributed by atoms with E-state index in [0.29, 0.717) is 5.56 Å². The molecule has 1 aromatic heterocycles. The van der Waals surface area contributed by atoms with Crippen LogP contribution in [0.5, 0.6) is 0 Å². The average Bonchev–Trinajstić information content (AvgIpc) is 2.94. The number of hydrogen-bond donors (Lipinski definition) is 0. The van der Waals surface area contributed by atoms with Crippen molar-refractivity contribution in [2.45, 2.75) is 13.3 Å². The maximum atomic E-state index is 8.78. The highest BCUT2D eigenvalue weighted by atomic mass is 15.2. The van der Waals surface area contributed by atoms with Gasteiger partial charge in [0.2, 0.25) is 0 Å². The molecule has 0 aromatic carbocycles. The van der Waals surface area contributed by atoms with Crippen LogP contribution in [0.4, 0.5) is 5.82 Å². The summed E-state index contributed by atoms with van der Waals surface area (Å²) in [5, 5.41) is 8.78. The monoisotopic (exact) mass is 201 g/mol. The molecule has 1 heterocycles. The number of hydrogen-bond acceptors (Lipinski definition) is 3. The van der Waals surface area contributed by atoms with Crippen molar-refractivity contribution in [2.75, 3.05) is 18.5 Å². The molecule has 1 aromatic rings. The summed E-state index contributed by atoms with van der Waals surface area (Å²) >= 11 is 0. The number of aromatic nitrogens is 1. The van der Waals surface area contributed by atoms with Gasteiger partial charge >= 0.3 is 0 Å². The van der Waals surface area contributed by atoms with E-state index in [1.54, 1.807) is 12.3 Å². The SMILES string of the molecule is CC1CC1CN(C)c1cc(C#N)ccn1. The van der Waals surface area contributed by atoms with E-state index in [4.69, 9.17) is 5.26 Å². The lowest BCUT2D eigenvalue weighted by Crippen LogP contribution is -2.21. The third-order valence-corrected chi connectivity index (χ3v) is 3.05. The van der Waals surface area contributed by atoms with E-state index in [0.717, 1.165) is 24.2 Å². The molecule has 0 N–H and O–H groups in total. The van der Waals surface area contributed by atoms with E-state index in [2.05, 4.69) is 22.9 Å². The second-order valence-electron chi connectivity index (χ2n) is 4.37. The molecule has 0 radical (unpaired) electrons. The minimum absolute atomic E-state index is 0.677. The Labute approximate surface area is 90.4 Å². The molecule has 3 heteroatoms. The van der Waals surface area contributed by atoms with Gasteiger partial charge in [0.1, 0.15) is 5.82 Å². The van der Waals surface area contributed by atoms with E-state index in [-0.39, 0.29) is 0 Å². The first-order valence-corrected chi connectivity index (χ1v) is 5.28. The summed E-state index contributed by atoms with van der Waals surface area (Å²) in [5.41, 5.74) is 0.677. The zero-order valence-electron chi connectivity index (χ0n) is 9.14. The van der Waals surface area contributed by atoms with Crippen LogP contribution in [0.15, 0.2) is 18.3 Å². The van der Waals surface area contributed by atoms with E-state index in [1.165, 1.54) is 6.42 Å². The van der Waals surface area contributed by atoms with Crippen molar-refractivity contribution in [1.82, 2.24) is 4.98 Å². The molecule has 78 valence electrons. The van der Waals surface area contributed by atoms with Gasteiger partial charge in [0, 0.05) is 19.8 Å². The van der Waals surface area contributed by atoms with Crippen LogP contribution >= 0.6 is 0 Å². The molecule has 1 aliphatic rings. The van der Waals surface area contributed by atoms with E-state index in [9.17, 15) is 0 Å². The Kier molecular flexibility index (Phi) is 2.59. The highest BCUT2D eigenvalue weighted by molar-refractivity contribution is 5.44. The first kappa shape index (κ1) is 9.97. The van der Waals surface area contributed by atoms with E-state index >= 15 is 0 Å². The molecule has 0 spiro atoms. The Balaban J connectivity index is 2.04. The Bertz CT molecular complexity index is 394. The van der Waals surface area contributed by atoms with Crippen molar-refractivity contribution in [1.29, 1.82) is 5.26 Å². The van der Waals surface area contributed by atoms with Gasteiger partial charge in [-0.05, 0) is 30.4 Å². The van der Waals surface area contributed by atoms with Crippen LogP contribution < -0.4 is 4.90 Å². The van der Waals surface area contributed by atoms with Crippen molar-refractivity contribution < 1.29 is 0 Å². The minimum Gasteiger partial charge on any atom is -0.359 e. The zero-order chi connectivity index (χ0) is 10.8. The van der Waals surface area contributed by atoms with Crippen LogP contribution in [-0.4, -0.2) is 18.6 Å². The van der Waals surface area contributed by atoms with Crippen molar-refractivity contribution in [3.63, 3.8) is 0 Å². The van der Waals surface area contributed by atoms with Gasteiger partial charge in [-0.15, -0.1) is 0 Å². The summed E-state index contributed by atoms with van der Waals surface area (Å²) in [5.74, 6) is 2.56. The van der Waals surface area contributed by atoms with Gasteiger partial charge in [-0.3, -0.25) is 0 Å². The molecule has 2 atom stereocenters. The van der Waals surface area contributed by atoms with Crippen LogP contribution in [0.3, 0.4) is 0 Å². The normalized spacial score (nSPS) is 23.3. The number of rotatable bonds is 3. The quantitative estimate of drug-likeness (QED) is 0.751. The average molecular weight is 201 g/mol. The van der Waals surface area contributed by atoms with Gasteiger partial charge in [0.05, 0.1) is 11.6 Å². The van der Waals surface area contributed by atoms with Gasteiger partial charge in [0.25, 0.3) is 0 Å². The fourth-order valence-electron chi connectivity index (χ4n) is 1.80. The lowest BCUT2D eigenvalue weighted by Gasteiger charge is -2.17. The standard InChI is InChI=1S/C12H15N3/c1-9-5-11(9)8-15(2)12-6-10(7-13)3-4-14-12/h3-4,6,9,11H,5,8H2,1-2H3. The minimum atomic E-state index is 0.677. The van der Waals surface area contributed by atoms with Gasteiger partial charge < -0.3 is 4.90 Å². The van der Waals surface area contributed by atoms with Crippen LogP contribution in [0.2, 0.25) is 0 Å². The first-order chi connectivity index (χ1) is 7.20. The Morgan fingerprint density at radius 2 is 2.40 bits per heavy atom. The molecule has 0 aliphatic heterocycles. The van der Waals surface area contributed by atoms with Crippen molar-refractivity contribution in [3.8, 4) is 6.07 Å². The number of pyridine rings is 1. The largest absolute Gasteiger partial charge is 0.359 e. The molecule has 2 unspecified atom stereocenters. The van der Waals surface area contributed by atoms with Gasteiger partial charge in [-0.2, -0.15) is 5.26 Å². The maximum absolute atomic E-state index is 8.78. The molecule has 0 bridgehead atoms. The summed E-state index contributed by atoms with van der Waals surface area (Å²) in [6.07, 6.45) is 3.02. The topological polar surface area (TPSA) is 39.9 Å². The summed E-state index contributed by atoms with van der Waals surface area (Å²) in [6.45, 7) is 3.32. The van der Waals surface area contributed by atoms with Crippen LogP contribution in [-0.2, 0) is 0 Å². The Hall–Kier alpha value is -1.56. The maximum Gasteiger partial charge on any atom is 0.129 e. The Morgan fingerprint density at radius 1 is 1.67 bits per heavy atom. The molecule has 2 rings (SSSR count). The van der Waals surface area contributed by atoms with Gasteiger partial charge in [-0.1, -0.05) is 6.92 Å². The highest BCUT2D eigenvalue weighted by Crippen LogP contribution is 2.38. The smallest absolute Gasteiger partial charge is 0.129 e. The summed E-state index contributed by atoms with van der Waals surface area (Å²) in [4.78, 5) is 6.40. The molecular weight excluding hydrogens is 186 g/mol. The molecule has 1 fully saturated rings. The molecule has 1 saturated carbocycles. The summed E-state index contributed by atoms with van der Waals surface area (Å²) < 4.78 is 0. The van der Waals surface area contributed by atoms with Crippen LogP contribution in [0.1, 0.15) is 18.9 Å². The number of nitriles is 1. The zero-order valence-corrected chi connectivity index (χ0v) is 9.14. The summed E-state index contributed by atoms with van der Waals surface area (Å²) in [7, 11) is 2.04. The van der Waals surface area contributed by atoms with Crippen molar-refractivity contribution >= 4 is 5.82 Å². The Morgan fingerprint density at radius 3 is 3.00 bits per heavy atom. The van der Waals surface area contributed by atoms with Crippen LogP contribution in [0, 0.1) is 23.2 Å². The fourth-order valence-corrected chi connectivity index (χ4v) is 1.80. The third-order valence-electron chi connectivity index (χ3n) is 3.05. The van der Waals surface area contributed by atoms with E-state index < -0.39 is 0 Å². The second kappa shape index (κ2) is 3.90. The predicted octanol–water partition coefficient (Wildman–Crippen LogP) is 2.05. The van der Waals surface area contributed by atoms with Gasteiger partial charge in [-0.25, -0.2) is 4.98 Å². The number of nitrogens with zero attached hydrogens (tertiary/aromatic N) is 3. The third kappa shape index (κ3) is 2.27. The second-order valence-corrected chi connectivity index (χ2v) is 4.37. The van der Waals surface area contributed by atoms with Crippen LogP contribution in [0.25, 0.3) is 0 Å². The lowest BCUT2D eigenvalue weighted by atomic mass is 10.2. The molecule has 0 saturated heterocycles. The molecule has 15 heavy (non-hydrogen) atoms. The van der Waals surface area contributed by atoms with Crippen molar-refractivity contribution in [2.24, 2.45) is 11.8 Å². The lowest BCUT2D eigenvalue weighted by molar-refractivity contribution is 0.719. The predicted molar refractivity (Wildman–Crippen MR) is 59.5 cm³/mol. The first-order valence-electron chi connectivity index (χ1n) is 5.28. The molecule has 0 amide bonds. The molecular formula is C12H15N3. The van der Waals surface area contributed by atoms with Gasteiger partial charge in [0.15, 0.2) is 0 Å². The van der Waals surface area contributed by atoms with Crippen molar-refractivity contribution in [3.05, 3.63) is 23.9 Å². The number of anilines is 1.